The molecule has 0 spiro atoms. The largest absolute Gasteiger partial charge is 0.461 e. The molecule has 0 bridgehead atoms. The average molecular weight is 320 g/mol. The highest BCUT2D eigenvalue weighted by Crippen LogP contribution is 2.28. The van der Waals surface area contributed by atoms with Gasteiger partial charge >= 0.3 is 0 Å². The Morgan fingerprint density at radius 2 is 1.75 bits per heavy atom. The van der Waals surface area contributed by atoms with Crippen LogP contribution in [0.1, 0.15) is 16.9 Å². The Kier molecular flexibility index (Phi) is 4.63. The van der Waals surface area contributed by atoms with E-state index in [1.165, 1.54) is 16.5 Å². The van der Waals surface area contributed by atoms with E-state index in [1.807, 2.05) is 0 Å². The first-order chi connectivity index (χ1) is 11.9. The number of aryl methyl sites for hydroxylation is 2. The monoisotopic (exact) mass is 320 g/mol. The van der Waals surface area contributed by atoms with Crippen LogP contribution in [0.2, 0.25) is 0 Å². The van der Waals surface area contributed by atoms with Crippen LogP contribution in [-0.2, 0) is 19.3 Å². The SMILES string of the molecule is c1ccc(CCc2oc3ccccc3c2CC2CNCCN2)cc1. The molecule has 2 heterocycles. The Bertz CT molecular complexity index is 788. The van der Waals surface area contributed by atoms with E-state index in [1.54, 1.807) is 0 Å². The van der Waals surface area contributed by atoms with Crippen molar-refractivity contribution in [3.05, 3.63) is 71.5 Å². The van der Waals surface area contributed by atoms with Crippen LogP contribution in [0.15, 0.2) is 59.0 Å². The van der Waals surface area contributed by atoms with Gasteiger partial charge in [0, 0.05) is 43.0 Å². The fourth-order valence-electron chi connectivity index (χ4n) is 3.58. The average Bonchev–Trinajstić information content (AvgIpc) is 2.99. The van der Waals surface area contributed by atoms with E-state index in [4.69, 9.17) is 4.42 Å². The van der Waals surface area contributed by atoms with Crippen molar-refractivity contribution < 1.29 is 4.42 Å². The highest BCUT2D eigenvalue weighted by atomic mass is 16.3. The Labute approximate surface area is 143 Å². The molecule has 4 rings (SSSR count). The number of fused-ring (bicyclic) bond motifs is 1. The van der Waals surface area contributed by atoms with Crippen molar-refractivity contribution in [2.45, 2.75) is 25.3 Å². The lowest BCUT2D eigenvalue weighted by Crippen LogP contribution is -2.49. The topological polar surface area (TPSA) is 37.2 Å². The molecule has 1 saturated heterocycles. The summed E-state index contributed by atoms with van der Waals surface area (Å²) in [7, 11) is 0. The van der Waals surface area contributed by atoms with E-state index in [-0.39, 0.29) is 0 Å². The van der Waals surface area contributed by atoms with Gasteiger partial charge in [-0.2, -0.15) is 0 Å². The molecule has 3 aromatic rings. The summed E-state index contributed by atoms with van der Waals surface area (Å²) in [5.74, 6) is 1.15. The van der Waals surface area contributed by atoms with Crippen LogP contribution in [0.25, 0.3) is 11.0 Å². The zero-order chi connectivity index (χ0) is 16.2. The van der Waals surface area contributed by atoms with E-state index in [9.17, 15) is 0 Å². The maximum Gasteiger partial charge on any atom is 0.134 e. The number of hydrogen-bond acceptors (Lipinski definition) is 3. The van der Waals surface area contributed by atoms with Gasteiger partial charge in [0.05, 0.1) is 0 Å². The third-order valence-corrected chi connectivity index (χ3v) is 4.84. The van der Waals surface area contributed by atoms with Gasteiger partial charge in [-0.25, -0.2) is 0 Å². The van der Waals surface area contributed by atoms with E-state index in [2.05, 4.69) is 65.2 Å². The van der Waals surface area contributed by atoms with Crippen molar-refractivity contribution in [1.82, 2.24) is 10.6 Å². The molecule has 0 radical (unpaired) electrons. The lowest BCUT2D eigenvalue weighted by molar-refractivity contribution is 0.413. The van der Waals surface area contributed by atoms with Crippen molar-refractivity contribution in [3.8, 4) is 0 Å². The normalized spacial score (nSPS) is 18.1. The lowest BCUT2D eigenvalue weighted by Gasteiger charge is -2.24. The number of furan rings is 1. The van der Waals surface area contributed by atoms with E-state index < -0.39 is 0 Å². The molecule has 2 aromatic carbocycles. The van der Waals surface area contributed by atoms with E-state index in [0.717, 1.165) is 50.2 Å². The quantitative estimate of drug-likeness (QED) is 0.757. The Balaban J connectivity index is 1.59. The number of rotatable bonds is 5. The zero-order valence-electron chi connectivity index (χ0n) is 13.9. The van der Waals surface area contributed by atoms with Gasteiger partial charge < -0.3 is 15.1 Å². The summed E-state index contributed by atoms with van der Waals surface area (Å²) in [6.07, 6.45) is 2.99. The van der Waals surface area contributed by atoms with E-state index in [0.29, 0.717) is 6.04 Å². The molecule has 0 amide bonds. The predicted octanol–water partition coefficient (Wildman–Crippen LogP) is 3.32. The van der Waals surface area contributed by atoms with Crippen LogP contribution in [0.3, 0.4) is 0 Å². The fraction of sp³-hybridized carbons (Fsp3) is 0.333. The summed E-state index contributed by atoms with van der Waals surface area (Å²) in [6, 6.07) is 19.6. The van der Waals surface area contributed by atoms with Crippen molar-refractivity contribution in [2.24, 2.45) is 0 Å². The first kappa shape index (κ1) is 15.4. The van der Waals surface area contributed by atoms with Crippen LogP contribution in [0, 0.1) is 0 Å². The summed E-state index contributed by atoms with van der Waals surface area (Å²) in [5, 5.41) is 8.37. The first-order valence-corrected chi connectivity index (χ1v) is 8.87. The van der Waals surface area contributed by atoms with E-state index >= 15 is 0 Å². The Hall–Kier alpha value is -2.10. The van der Waals surface area contributed by atoms with Crippen LogP contribution >= 0.6 is 0 Å². The van der Waals surface area contributed by atoms with Crippen LogP contribution < -0.4 is 10.6 Å². The summed E-state index contributed by atoms with van der Waals surface area (Å²) in [6.45, 7) is 3.13. The summed E-state index contributed by atoms with van der Waals surface area (Å²) >= 11 is 0. The molecule has 1 aliphatic heterocycles. The van der Waals surface area contributed by atoms with Gasteiger partial charge in [-0.3, -0.25) is 0 Å². The molecule has 3 nitrogen and oxygen atoms in total. The second kappa shape index (κ2) is 7.20. The van der Waals surface area contributed by atoms with Gasteiger partial charge in [-0.05, 0) is 24.5 Å². The van der Waals surface area contributed by atoms with Crippen molar-refractivity contribution in [2.75, 3.05) is 19.6 Å². The van der Waals surface area contributed by atoms with Crippen molar-refractivity contribution >= 4 is 11.0 Å². The molecule has 1 unspecified atom stereocenters. The van der Waals surface area contributed by atoms with Gasteiger partial charge in [-0.15, -0.1) is 0 Å². The van der Waals surface area contributed by atoms with Crippen molar-refractivity contribution in [3.63, 3.8) is 0 Å². The maximum absolute atomic E-state index is 6.21. The van der Waals surface area contributed by atoms with Gasteiger partial charge in [0.15, 0.2) is 0 Å². The number of benzene rings is 2. The summed E-state index contributed by atoms with van der Waals surface area (Å²) in [5.41, 5.74) is 3.75. The van der Waals surface area contributed by atoms with Gasteiger partial charge in [-0.1, -0.05) is 48.5 Å². The first-order valence-electron chi connectivity index (χ1n) is 8.87. The smallest absolute Gasteiger partial charge is 0.134 e. The molecule has 1 aromatic heterocycles. The van der Waals surface area contributed by atoms with Crippen LogP contribution in [0.4, 0.5) is 0 Å². The standard InChI is InChI=1S/C21H24N2O/c1-2-6-16(7-3-1)10-11-21-19(14-17-15-22-12-13-23-17)18-8-4-5-9-20(18)24-21/h1-9,17,22-23H,10-15H2. The third kappa shape index (κ3) is 3.37. The van der Waals surface area contributed by atoms with Gasteiger partial charge in [0.25, 0.3) is 0 Å². The molecule has 1 atom stereocenters. The Morgan fingerprint density at radius 3 is 2.58 bits per heavy atom. The fourth-order valence-corrected chi connectivity index (χ4v) is 3.58. The Morgan fingerprint density at radius 1 is 0.917 bits per heavy atom. The molecule has 24 heavy (non-hydrogen) atoms. The van der Waals surface area contributed by atoms with Crippen LogP contribution in [0.5, 0.6) is 0 Å². The minimum Gasteiger partial charge on any atom is -0.461 e. The molecule has 0 saturated carbocycles. The second-order valence-corrected chi connectivity index (χ2v) is 6.54. The number of hydrogen-bond donors (Lipinski definition) is 2. The van der Waals surface area contributed by atoms with Crippen LogP contribution in [-0.4, -0.2) is 25.7 Å². The molecule has 1 aliphatic rings. The lowest BCUT2D eigenvalue weighted by atomic mass is 9.98. The second-order valence-electron chi connectivity index (χ2n) is 6.54. The molecule has 1 fully saturated rings. The minimum atomic E-state index is 0.482. The summed E-state index contributed by atoms with van der Waals surface area (Å²) < 4.78 is 6.21. The molecular weight excluding hydrogens is 296 g/mol. The maximum atomic E-state index is 6.21. The zero-order valence-corrected chi connectivity index (χ0v) is 13.9. The highest BCUT2D eigenvalue weighted by molar-refractivity contribution is 5.82. The molecule has 0 aliphatic carbocycles. The highest BCUT2D eigenvalue weighted by Gasteiger charge is 2.19. The number of piperazine rings is 1. The van der Waals surface area contributed by atoms with Gasteiger partial charge in [0.2, 0.25) is 0 Å². The molecule has 2 N–H and O–H groups in total. The van der Waals surface area contributed by atoms with Gasteiger partial charge in [0.1, 0.15) is 11.3 Å². The molecule has 124 valence electrons. The molecule has 3 heteroatoms. The number of para-hydroxylation sites is 1. The predicted molar refractivity (Wildman–Crippen MR) is 98.4 cm³/mol. The number of nitrogens with one attached hydrogen (secondary N) is 2. The third-order valence-electron chi connectivity index (χ3n) is 4.84. The minimum absolute atomic E-state index is 0.482. The van der Waals surface area contributed by atoms with Crippen molar-refractivity contribution in [1.29, 1.82) is 0 Å². The molecular formula is C21H24N2O. The summed E-state index contributed by atoms with van der Waals surface area (Å²) in [4.78, 5) is 0.